The van der Waals surface area contributed by atoms with Crippen molar-refractivity contribution in [2.75, 3.05) is 0 Å². The molecule has 0 aliphatic heterocycles. The van der Waals surface area contributed by atoms with E-state index in [0.29, 0.717) is 36.3 Å². The van der Waals surface area contributed by atoms with Gasteiger partial charge in [-0.25, -0.2) is 4.79 Å². The van der Waals surface area contributed by atoms with E-state index in [0.717, 1.165) is 43.1 Å². The molecule has 0 aliphatic carbocycles. The molecule has 0 saturated heterocycles. The second-order valence-corrected chi connectivity index (χ2v) is 8.12. The lowest BCUT2D eigenvalue weighted by molar-refractivity contribution is -0.135. The average Bonchev–Trinajstić information content (AvgIpc) is 2.76. The summed E-state index contributed by atoms with van der Waals surface area (Å²) in [6.45, 7) is 0.441. The zero-order valence-corrected chi connectivity index (χ0v) is 18.1. The molecular formula is C26H29F3O3. The highest BCUT2D eigenvalue weighted by atomic mass is 19.4. The van der Waals surface area contributed by atoms with Crippen molar-refractivity contribution in [1.29, 1.82) is 0 Å². The van der Waals surface area contributed by atoms with Gasteiger partial charge in [0.15, 0.2) is 0 Å². The van der Waals surface area contributed by atoms with Crippen LogP contribution in [-0.4, -0.2) is 6.18 Å². The number of hydrogen-bond acceptors (Lipinski definition) is 3. The normalized spacial score (nSPS) is 11.7. The topological polar surface area (TPSA) is 39.4 Å². The maximum atomic E-state index is 12.3. The summed E-state index contributed by atoms with van der Waals surface area (Å²) < 4.78 is 47.6. The van der Waals surface area contributed by atoms with Crippen LogP contribution in [0.4, 0.5) is 13.2 Å². The lowest BCUT2D eigenvalue weighted by Gasteiger charge is -2.08. The predicted molar refractivity (Wildman–Crippen MR) is 120 cm³/mol. The summed E-state index contributed by atoms with van der Waals surface area (Å²) in [5, 5.41) is 0.858. The largest absolute Gasteiger partial charge is 0.489 e. The summed E-state index contributed by atoms with van der Waals surface area (Å²) in [5.41, 5.74) is 1.89. The molecule has 0 atom stereocenters. The van der Waals surface area contributed by atoms with Gasteiger partial charge in [0.1, 0.15) is 17.9 Å². The number of rotatable bonds is 12. The summed E-state index contributed by atoms with van der Waals surface area (Å²) in [5.74, 6) is 0.646. The van der Waals surface area contributed by atoms with E-state index in [-0.39, 0.29) is 12.0 Å². The van der Waals surface area contributed by atoms with Crippen LogP contribution in [0.2, 0.25) is 0 Å². The minimum Gasteiger partial charge on any atom is -0.489 e. The van der Waals surface area contributed by atoms with Crippen LogP contribution in [0.1, 0.15) is 62.5 Å². The first kappa shape index (κ1) is 23.9. The van der Waals surface area contributed by atoms with Crippen LogP contribution >= 0.6 is 0 Å². The summed E-state index contributed by atoms with van der Waals surface area (Å²) in [4.78, 5) is 12.3. The molecule has 0 fully saturated rings. The Morgan fingerprint density at radius 1 is 0.812 bits per heavy atom. The third-order valence-electron chi connectivity index (χ3n) is 5.43. The van der Waals surface area contributed by atoms with E-state index in [1.165, 1.54) is 0 Å². The maximum Gasteiger partial charge on any atom is 0.389 e. The third kappa shape index (κ3) is 8.06. The molecule has 1 heterocycles. The number of hydrogen-bond donors (Lipinski definition) is 0. The SMILES string of the molecule is O=c1oc2cc(OCc3ccccc3)ccc2cc1CCCCCCCCCC(F)(F)F. The van der Waals surface area contributed by atoms with Crippen LogP contribution in [-0.2, 0) is 13.0 Å². The van der Waals surface area contributed by atoms with Gasteiger partial charge >= 0.3 is 11.8 Å². The highest BCUT2D eigenvalue weighted by Gasteiger charge is 2.25. The summed E-state index contributed by atoms with van der Waals surface area (Å²) in [6, 6.07) is 17.2. The van der Waals surface area contributed by atoms with Gasteiger partial charge in [-0.2, -0.15) is 13.2 Å². The Balaban J connectivity index is 1.42. The van der Waals surface area contributed by atoms with Crippen molar-refractivity contribution in [3.8, 4) is 5.75 Å². The molecule has 0 radical (unpaired) electrons. The number of ether oxygens (including phenoxy) is 1. The second-order valence-electron chi connectivity index (χ2n) is 8.12. The summed E-state index contributed by atoms with van der Waals surface area (Å²) in [7, 11) is 0. The Kier molecular flexibility index (Phi) is 8.77. The molecule has 3 nitrogen and oxygen atoms in total. The minimum atomic E-state index is -4.04. The molecule has 0 aliphatic rings. The van der Waals surface area contributed by atoms with Crippen LogP contribution < -0.4 is 10.4 Å². The van der Waals surface area contributed by atoms with E-state index in [2.05, 4.69) is 0 Å². The van der Waals surface area contributed by atoms with Crippen LogP contribution in [0.5, 0.6) is 5.75 Å². The third-order valence-corrected chi connectivity index (χ3v) is 5.43. The number of fused-ring (bicyclic) bond motifs is 1. The van der Waals surface area contributed by atoms with Gasteiger partial charge < -0.3 is 9.15 Å². The highest BCUT2D eigenvalue weighted by molar-refractivity contribution is 5.78. The Bertz CT molecular complexity index is 1030. The molecular weight excluding hydrogens is 417 g/mol. The summed E-state index contributed by atoms with van der Waals surface area (Å²) >= 11 is 0. The number of halogens is 3. The Labute approximate surface area is 186 Å². The van der Waals surface area contributed by atoms with Crippen molar-refractivity contribution in [3.05, 3.63) is 76.1 Å². The minimum absolute atomic E-state index is 0.209. The van der Waals surface area contributed by atoms with Gasteiger partial charge in [0.2, 0.25) is 0 Å². The van der Waals surface area contributed by atoms with Crippen molar-refractivity contribution < 1.29 is 22.3 Å². The number of benzene rings is 2. The van der Waals surface area contributed by atoms with Gasteiger partial charge in [-0.15, -0.1) is 0 Å². The lowest BCUT2D eigenvalue weighted by atomic mass is 10.0. The van der Waals surface area contributed by atoms with Crippen molar-refractivity contribution in [1.82, 2.24) is 0 Å². The monoisotopic (exact) mass is 446 g/mol. The van der Waals surface area contributed by atoms with Gasteiger partial charge in [-0.05, 0) is 43.0 Å². The highest BCUT2D eigenvalue weighted by Crippen LogP contribution is 2.24. The van der Waals surface area contributed by atoms with E-state index < -0.39 is 12.6 Å². The first-order chi connectivity index (χ1) is 15.4. The summed E-state index contributed by atoms with van der Waals surface area (Å²) in [6.07, 6.45) is 1.25. The molecule has 2 aromatic carbocycles. The first-order valence-electron chi connectivity index (χ1n) is 11.2. The molecule has 0 N–H and O–H groups in total. The fraction of sp³-hybridized carbons (Fsp3) is 0.423. The average molecular weight is 447 g/mol. The molecule has 0 unspecified atom stereocenters. The van der Waals surface area contributed by atoms with Crippen LogP contribution in [0, 0.1) is 0 Å². The molecule has 0 spiro atoms. The maximum absolute atomic E-state index is 12.3. The molecule has 3 rings (SSSR count). The number of aryl methyl sites for hydroxylation is 1. The van der Waals surface area contributed by atoms with Crippen LogP contribution in [0.3, 0.4) is 0 Å². The van der Waals surface area contributed by atoms with Crippen LogP contribution in [0.15, 0.2) is 63.8 Å². The van der Waals surface area contributed by atoms with Gasteiger partial charge in [0, 0.05) is 23.4 Å². The van der Waals surface area contributed by atoms with Gasteiger partial charge in [-0.1, -0.05) is 62.4 Å². The van der Waals surface area contributed by atoms with E-state index in [9.17, 15) is 18.0 Å². The molecule has 3 aromatic rings. The molecule has 172 valence electrons. The molecule has 0 amide bonds. The Morgan fingerprint density at radius 3 is 2.22 bits per heavy atom. The Morgan fingerprint density at radius 2 is 1.50 bits per heavy atom. The fourth-order valence-electron chi connectivity index (χ4n) is 3.66. The smallest absolute Gasteiger partial charge is 0.389 e. The molecule has 1 aromatic heterocycles. The molecule has 0 saturated carbocycles. The van der Waals surface area contributed by atoms with E-state index >= 15 is 0 Å². The van der Waals surface area contributed by atoms with Gasteiger partial charge in [0.25, 0.3) is 0 Å². The van der Waals surface area contributed by atoms with E-state index in [4.69, 9.17) is 9.15 Å². The zero-order chi connectivity index (χ0) is 22.8. The Hall–Kier alpha value is -2.76. The zero-order valence-electron chi connectivity index (χ0n) is 18.1. The quantitative estimate of drug-likeness (QED) is 0.212. The molecule has 6 heteroatoms. The van der Waals surface area contributed by atoms with Gasteiger partial charge in [0.05, 0.1) is 0 Å². The predicted octanol–water partition coefficient (Wildman–Crippen LogP) is 7.60. The van der Waals surface area contributed by atoms with Crippen molar-refractivity contribution >= 4 is 11.0 Å². The van der Waals surface area contributed by atoms with Gasteiger partial charge in [-0.3, -0.25) is 0 Å². The van der Waals surface area contributed by atoms with E-state index in [1.54, 1.807) is 6.07 Å². The first-order valence-corrected chi connectivity index (χ1v) is 11.2. The van der Waals surface area contributed by atoms with Crippen LogP contribution in [0.25, 0.3) is 11.0 Å². The fourth-order valence-corrected chi connectivity index (χ4v) is 3.66. The molecule has 0 bridgehead atoms. The van der Waals surface area contributed by atoms with Crippen molar-refractivity contribution in [2.24, 2.45) is 0 Å². The van der Waals surface area contributed by atoms with E-state index in [1.807, 2.05) is 48.5 Å². The number of alkyl halides is 3. The lowest BCUT2D eigenvalue weighted by Crippen LogP contribution is -2.07. The standard InChI is InChI=1S/C26H29F3O3/c27-26(28,29)16-10-5-3-1-2-4-9-13-22-17-21-14-15-23(18-24(21)32-25(22)30)31-19-20-11-7-6-8-12-20/h6-8,11-12,14-15,17-18H,1-5,9-10,13,16,19H2. The second kappa shape index (κ2) is 11.7. The molecule has 32 heavy (non-hydrogen) atoms. The number of unbranched alkanes of at least 4 members (excludes halogenated alkanes) is 6. The van der Waals surface area contributed by atoms with Crippen molar-refractivity contribution in [2.45, 2.75) is 70.6 Å². The van der Waals surface area contributed by atoms with Crippen molar-refractivity contribution in [3.63, 3.8) is 0 Å².